The van der Waals surface area contributed by atoms with Gasteiger partial charge in [-0.1, -0.05) is 0 Å². The first-order chi connectivity index (χ1) is 8.65. The van der Waals surface area contributed by atoms with E-state index in [4.69, 9.17) is 0 Å². The minimum Gasteiger partial charge on any atom is -0.381 e. The summed E-state index contributed by atoms with van der Waals surface area (Å²) in [6, 6.07) is 0.318. The zero-order valence-corrected chi connectivity index (χ0v) is 8.65. The van der Waals surface area contributed by atoms with Crippen LogP contribution < -0.4 is 4.74 Å². The number of halogens is 5. The van der Waals surface area contributed by atoms with Crippen LogP contribution >= 0.6 is 0 Å². The number of carbonyl (C=O) groups excluding carboxylic acids is 1. The van der Waals surface area contributed by atoms with Crippen LogP contribution in [0.15, 0.2) is 6.07 Å². The molecule has 0 unspecified atom stereocenters. The Balaban J connectivity index is 3.50. The number of hydrogen-bond donors (Lipinski definition) is 0. The molecule has 6 nitrogen and oxygen atoms in total. The van der Waals surface area contributed by atoms with E-state index in [2.05, 4.69) is 9.72 Å². The minimum atomic E-state index is -5.38. The number of aromatic nitrogens is 1. The van der Waals surface area contributed by atoms with Crippen LogP contribution in [0.3, 0.4) is 0 Å². The van der Waals surface area contributed by atoms with Gasteiger partial charge in [-0.3, -0.25) is 14.9 Å². The Bertz CT molecular complexity index is 517. The van der Waals surface area contributed by atoms with Crippen LogP contribution in [0.2, 0.25) is 0 Å². The molecular weight excluding hydrogens is 283 g/mol. The fourth-order valence-electron chi connectivity index (χ4n) is 1.12. The predicted octanol–water partition coefficient (Wildman–Crippen LogP) is 2.64. The summed E-state index contributed by atoms with van der Waals surface area (Å²) in [7, 11) is 0. The lowest BCUT2D eigenvalue weighted by Crippen LogP contribution is -2.20. The zero-order chi connectivity index (χ0) is 14.8. The summed E-state index contributed by atoms with van der Waals surface area (Å²) in [5, 5.41) is 10.5. The molecule has 104 valence electrons. The van der Waals surface area contributed by atoms with Gasteiger partial charge in [-0.15, -0.1) is 13.2 Å². The fourth-order valence-corrected chi connectivity index (χ4v) is 1.12. The Labute approximate surface area is 101 Å². The normalized spacial score (nSPS) is 11.5. The highest BCUT2D eigenvalue weighted by Crippen LogP contribution is 2.34. The van der Waals surface area contributed by atoms with Gasteiger partial charge in [0.15, 0.2) is 6.29 Å². The molecule has 0 bridgehead atoms. The Kier molecular flexibility index (Phi) is 3.97. The van der Waals surface area contributed by atoms with Crippen molar-refractivity contribution in [3.63, 3.8) is 0 Å². The summed E-state index contributed by atoms with van der Waals surface area (Å²) >= 11 is 0. The van der Waals surface area contributed by atoms with Crippen LogP contribution in [0.4, 0.5) is 27.6 Å². The largest absolute Gasteiger partial charge is 0.574 e. The van der Waals surface area contributed by atoms with E-state index < -0.39 is 40.5 Å². The summed E-state index contributed by atoms with van der Waals surface area (Å²) in [5.74, 6) is -1.71. The second kappa shape index (κ2) is 5.12. The molecule has 0 radical (unpaired) electrons. The van der Waals surface area contributed by atoms with Crippen molar-refractivity contribution in [3.8, 4) is 5.88 Å². The maximum absolute atomic E-state index is 12.3. The van der Waals surface area contributed by atoms with Crippen molar-refractivity contribution in [1.29, 1.82) is 0 Å². The standard InChI is InChI=1S/C8H3F5N2O4/c9-6(10)4-1-3(2-16)5(15(17)18)7(14-4)19-8(11,12)13/h1-2,6H. The van der Waals surface area contributed by atoms with E-state index in [0.717, 1.165) is 0 Å². The molecule has 11 heteroatoms. The number of rotatable bonds is 4. The number of hydrogen-bond acceptors (Lipinski definition) is 5. The quantitative estimate of drug-likeness (QED) is 0.368. The first kappa shape index (κ1) is 14.7. The molecule has 1 aromatic heterocycles. The van der Waals surface area contributed by atoms with Crippen LogP contribution in [-0.2, 0) is 0 Å². The first-order valence-electron chi connectivity index (χ1n) is 4.34. The van der Waals surface area contributed by atoms with Crippen molar-refractivity contribution in [3.05, 3.63) is 27.4 Å². The molecule has 1 heterocycles. The number of ether oxygens (including phenoxy) is 1. The van der Waals surface area contributed by atoms with Crippen LogP contribution in [0.25, 0.3) is 0 Å². The molecule has 0 amide bonds. The average Bonchev–Trinajstić information content (AvgIpc) is 2.24. The highest BCUT2D eigenvalue weighted by Gasteiger charge is 2.37. The minimum absolute atomic E-state index is 0.241. The molecule has 0 saturated heterocycles. The molecule has 0 aromatic carbocycles. The van der Waals surface area contributed by atoms with E-state index in [9.17, 15) is 36.9 Å². The van der Waals surface area contributed by atoms with Gasteiger partial charge < -0.3 is 4.74 Å². The van der Waals surface area contributed by atoms with E-state index in [0.29, 0.717) is 6.07 Å². The smallest absolute Gasteiger partial charge is 0.381 e. The van der Waals surface area contributed by atoms with Crippen molar-refractivity contribution in [2.24, 2.45) is 0 Å². The van der Waals surface area contributed by atoms with Crippen LogP contribution in [-0.4, -0.2) is 22.6 Å². The average molecular weight is 286 g/mol. The number of nitro groups is 1. The van der Waals surface area contributed by atoms with Gasteiger partial charge in [-0.2, -0.15) is 0 Å². The van der Waals surface area contributed by atoms with E-state index in [1.807, 2.05) is 0 Å². The number of aldehydes is 1. The second-order valence-electron chi connectivity index (χ2n) is 3.01. The molecule has 0 N–H and O–H groups in total. The van der Waals surface area contributed by atoms with E-state index in [1.165, 1.54) is 0 Å². The van der Waals surface area contributed by atoms with Crippen molar-refractivity contribution >= 4 is 12.0 Å². The van der Waals surface area contributed by atoms with Gasteiger partial charge in [0.2, 0.25) is 0 Å². The summed E-state index contributed by atoms with van der Waals surface area (Å²) in [6.45, 7) is 0. The molecule has 1 aromatic rings. The third-order valence-electron chi connectivity index (χ3n) is 1.76. The number of alkyl halides is 5. The molecule has 1 rings (SSSR count). The summed E-state index contributed by atoms with van der Waals surface area (Å²) in [6.07, 6.45) is -8.94. The van der Waals surface area contributed by atoms with Gasteiger partial charge in [0.1, 0.15) is 5.69 Å². The van der Waals surface area contributed by atoms with Gasteiger partial charge in [-0.05, 0) is 6.07 Å². The number of nitrogens with zero attached hydrogens (tertiary/aromatic N) is 2. The van der Waals surface area contributed by atoms with Crippen molar-refractivity contribution in [2.45, 2.75) is 12.8 Å². The van der Waals surface area contributed by atoms with Crippen LogP contribution in [0.1, 0.15) is 22.5 Å². The van der Waals surface area contributed by atoms with E-state index in [1.54, 1.807) is 0 Å². The highest BCUT2D eigenvalue weighted by atomic mass is 19.4. The number of pyridine rings is 1. The molecule has 0 spiro atoms. The highest BCUT2D eigenvalue weighted by molar-refractivity contribution is 5.83. The lowest BCUT2D eigenvalue weighted by Gasteiger charge is -2.10. The van der Waals surface area contributed by atoms with Gasteiger partial charge in [0, 0.05) is 0 Å². The van der Waals surface area contributed by atoms with Gasteiger partial charge >= 0.3 is 17.9 Å². The summed E-state index contributed by atoms with van der Waals surface area (Å²) < 4.78 is 63.8. The molecular formula is C8H3F5N2O4. The van der Waals surface area contributed by atoms with Gasteiger partial charge in [0.25, 0.3) is 6.43 Å². The topological polar surface area (TPSA) is 82.3 Å². The maximum atomic E-state index is 12.3. The Morgan fingerprint density at radius 2 is 2.00 bits per heavy atom. The first-order valence-corrected chi connectivity index (χ1v) is 4.34. The molecule has 19 heavy (non-hydrogen) atoms. The van der Waals surface area contributed by atoms with E-state index in [-0.39, 0.29) is 6.29 Å². The zero-order valence-electron chi connectivity index (χ0n) is 8.65. The number of carbonyl (C=O) groups is 1. The van der Waals surface area contributed by atoms with Gasteiger partial charge in [0.05, 0.1) is 10.5 Å². The molecule has 0 aliphatic heterocycles. The predicted molar refractivity (Wildman–Crippen MR) is 47.9 cm³/mol. The monoisotopic (exact) mass is 286 g/mol. The third kappa shape index (κ3) is 3.56. The lowest BCUT2D eigenvalue weighted by atomic mass is 10.2. The second-order valence-corrected chi connectivity index (χ2v) is 3.01. The molecule has 0 saturated carbocycles. The van der Waals surface area contributed by atoms with Gasteiger partial charge in [-0.25, -0.2) is 13.8 Å². The Hall–Kier alpha value is -2.33. The van der Waals surface area contributed by atoms with Crippen molar-refractivity contribution in [1.82, 2.24) is 4.98 Å². The maximum Gasteiger partial charge on any atom is 0.574 e. The van der Waals surface area contributed by atoms with Crippen molar-refractivity contribution < 1.29 is 36.4 Å². The lowest BCUT2D eigenvalue weighted by molar-refractivity contribution is -0.389. The van der Waals surface area contributed by atoms with Crippen LogP contribution in [0, 0.1) is 10.1 Å². The Morgan fingerprint density at radius 1 is 1.42 bits per heavy atom. The summed E-state index contributed by atoms with van der Waals surface area (Å²) in [5.41, 5.74) is -3.67. The third-order valence-corrected chi connectivity index (χ3v) is 1.76. The van der Waals surface area contributed by atoms with Crippen molar-refractivity contribution in [2.75, 3.05) is 0 Å². The molecule has 0 aliphatic rings. The summed E-state index contributed by atoms with van der Waals surface area (Å²) in [4.78, 5) is 22.4. The molecule has 0 atom stereocenters. The fraction of sp³-hybridized carbons (Fsp3) is 0.250. The Morgan fingerprint density at radius 3 is 2.37 bits per heavy atom. The molecule has 0 fully saturated rings. The molecule has 0 aliphatic carbocycles. The SMILES string of the molecule is O=Cc1cc(C(F)F)nc(OC(F)(F)F)c1[N+](=O)[O-]. The van der Waals surface area contributed by atoms with E-state index >= 15 is 0 Å². The van der Waals surface area contributed by atoms with Crippen LogP contribution in [0.5, 0.6) is 5.88 Å².